The maximum absolute atomic E-state index is 14.2. The van der Waals surface area contributed by atoms with Gasteiger partial charge in [0.1, 0.15) is 0 Å². The van der Waals surface area contributed by atoms with Crippen LogP contribution in [0, 0.1) is 0 Å². The lowest BCUT2D eigenvalue weighted by molar-refractivity contribution is -0.144. The third-order valence-electron chi connectivity index (χ3n) is 8.44. The summed E-state index contributed by atoms with van der Waals surface area (Å²) >= 11 is -7.69. The van der Waals surface area contributed by atoms with Crippen molar-refractivity contribution in [3.05, 3.63) is 117 Å². The minimum absolute atomic E-state index is 0.644. The van der Waals surface area contributed by atoms with Gasteiger partial charge in [0.05, 0.1) is 44.5 Å². The highest BCUT2D eigenvalue weighted by atomic mass is 27.2. The molecule has 0 aliphatic heterocycles. The molecule has 0 radical (unpaired) electrons. The molecule has 0 saturated heterocycles. The Morgan fingerprint density at radius 2 is 0.298 bits per heavy atom. The Morgan fingerprint density at radius 3 is 0.386 bits per heavy atom. The Kier molecular flexibility index (Phi) is 11.1. The molecule has 0 saturated carbocycles. The van der Waals surface area contributed by atoms with Crippen molar-refractivity contribution in [1.29, 1.82) is 0 Å². The molecule has 0 heterocycles. The third kappa shape index (κ3) is 9.55. The lowest BCUT2D eigenvalue weighted by atomic mass is 10.1. The fourth-order valence-corrected chi connectivity index (χ4v) is 11.8. The van der Waals surface area contributed by atoms with E-state index in [1.54, 1.807) is 0 Å². The van der Waals surface area contributed by atoms with Crippen LogP contribution in [0.4, 0.5) is 105 Å². The largest absolute Gasteiger partial charge is 0.416 e. The molecular formula is C32H12AlF24-. The first-order valence-electron chi connectivity index (χ1n) is 14.6. The van der Waals surface area contributed by atoms with Crippen LogP contribution in [0.25, 0.3) is 0 Å². The van der Waals surface area contributed by atoms with Crippen LogP contribution in [0.5, 0.6) is 0 Å². The number of hydrogen-bond acceptors (Lipinski definition) is 0. The van der Waals surface area contributed by atoms with Gasteiger partial charge in [-0.1, -0.05) is 48.5 Å². The van der Waals surface area contributed by atoms with Crippen molar-refractivity contribution in [3.8, 4) is 0 Å². The van der Waals surface area contributed by atoms with Crippen molar-refractivity contribution < 1.29 is 105 Å². The van der Waals surface area contributed by atoms with Crippen molar-refractivity contribution in [3.63, 3.8) is 0 Å². The van der Waals surface area contributed by atoms with Gasteiger partial charge < -0.3 is 0 Å². The number of halogens is 24. The van der Waals surface area contributed by atoms with E-state index in [4.69, 9.17) is 0 Å². The lowest BCUT2D eigenvalue weighted by Crippen LogP contribution is -2.75. The second kappa shape index (κ2) is 13.9. The minimum atomic E-state index is -7.69. The van der Waals surface area contributed by atoms with E-state index >= 15 is 0 Å². The van der Waals surface area contributed by atoms with E-state index in [0.717, 1.165) is 0 Å². The van der Waals surface area contributed by atoms with Gasteiger partial charge in [0.15, 0.2) is 0 Å². The lowest BCUT2D eigenvalue weighted by Gasteiger charge is -2.43. The monoisotopic (exact) mass is 879 g/mol. The van der Waals surface area contributed by atoms with Gasteiger partial charge in [-0.05, 0) is 24.3 Å². The predicted octanol–water partition coefficient (Wildman–Crippen LogP) is 11.2. The molecular weight excluding hydrogens is 867 g/mol. The average Bonchev–Trinajstić information content (AvgIpc) is 3.01. The highest BCUT2D eigenvalue weighted by Gasteiger charge is 2.49. The first-order valence-corrected chi connectivity index (χ1v) is 16.9. The molecule has 0 bridgehead atoms. The molecule has 4 rings (SSSR count). The molecule has 0 N–H and O–H groups in total. The van der Waals surface area contributed by atoms with Crippen molar-refractivity contribution in [2.45, 2.75) is 49.4 Å². The van der Waals surface area contributed by atoms with Gasteiger partial charge in [-0.25, -0.2) is 17.7 Å². The summed E-state index contributed by atoms with van der Waals surface area (Å²) in [6.45, 7) is 0. The standard InChI is InChI=1S/4C8H3F6.Al/c4*9-7(10,11)5-2-1-3-6(4-5)8(12,13)14;/h4*2-4H;/q;;;;-1. The zero-order valence-corrected chi connectivity index (χ0v) is 27.7. The van der Waals surface area contributed by atoms with Crippen LogP contribution >= 0.6 is 0 Å². The Balaban J connectivity index is 2.62. The maximum atomic E-state index is 14.2. The van der Waals surface area contributed by atoms with E-state index in [1.807, 2.05) is 0 Å². The number of benzene rings is 4. The van der Waals surface area contributed by atoms with Gasteiger partial charge in [0.2, 0.25) is 0 Å². The number of rotatable bonds is 4. The second-order valence-electron chi connectivity index (χ2n) is 12.2. The van der Waals surface area contributed by atoms with E-state index in [0.29, 0.717) is 0 Å². The van der Waals surface area contributed by atoms with Crippen LogP contribution in [-0.2, 0) is 49.4 Å². The molecule has 0 fully saturated rings. The number of alkyl halides is 24. The molecule has 312 valence electrons. The van der Waals surface area contributed by atoms with Crippen LogP contribution in [0.3, 0.4) is 0 Å². The first-order chi connectivity index (χ1) is 25.3. The average molecular weight is 879 g/mol. The van der Waals surface area contributed by atoms with Crippen molar-refractivity contribution in [2.75, 3.05) is 0 Å². The van der Waals surface area contributed by atoms with E-state index in [1.165, 1.54) is 0 Å². The van der Waals surface area contributed by atoms with Crippen LogP contribution in [0.2, 0.25) is 0 Å². The maximum Gasteiger partial charge on any atom is 0.416 e. The quantitative estimate of drug-likeness (QED) is 0.142. The molecule has 0 atom stereocenters. The van der Waals surface area contributed by atoms with E-state index in [9.17, 15) is 105 Å². The van der Waals surface area contributed by atoms with Crippen LogP contribution in [0.15, 0.2) is 72.8 Å². The molecule has 0 unspecified atom stereocenters. The van der Waals surface area contributed by atoms with Crippen LogP contribution in [0.1, 0.15) is 44.5 Å². The summed E-state index contributed by atoms with van der Waals surface area (Å²) in [5.74, 6) is 0. The molecule has 4 aromatic rings. The molecule has 0 aliphatic carbocycles. The molecule has 57 heavy (non-hydrogen) atoms. The van der Waals surface area contributed by atoms with Crippen LogP contribution < -0.4 is 17.7 Å². The van der Waals surface area contributed by atoms with E-state index in [2.05, 4.69) is 0 Å². The fraction of sp³-hybridized carbons (Fsp3) is 0.250. The molecule has 25 heteroatoms. The minimum Gasteiger partial charge on any atom is -0.217 e. The van der Waals surface area contributed by atoms with Gasteiger partial charge in [0, 0.05) is 0 Å². The molecule has 0 aliphatic rings. The molecule has 4 aromatic carbocycles. The SMILES string of the molecule is FC(F)(F)c1cc(C(F)(F)F)c[c]([Al-]([c]2cc(C(F)(F)F)cc(C(F)(F)F)c2)([c]2cc(C(F)(F)F)cc(C(F)(F)F)c2)[c]2cc(C(F)(F)F)cc(C(F)(F)F)c2)c1. The summed E-state index contributed by atoms with van der Waals surface area (Å²) < 4.78 is 333. The summed E-state index contributed by atoms with van der Waals surface area (Å²) in [7, 11) is 0. The zero-order valence-electron chi connectivity index (χ0n) is 26.6. The highest BCUT2D eigenvalue weighted by Crippen LogP contribution is 2.41. The van der Waals surface area contributed by atoms with Gasteiger partial charge >= 0.3 is 49.4 Å². The normalized spacial score (nSPS) is 14.3. The molecule has 0 spiro atoms. The van der Waals surface area contributed by atoms with Gasteiger partial charge in [-0.3, -0.25) is 0 Å². The summed E-state index contributed by atoms with van der Waals surface area (Å²) in [4.78, 5) is 0. The second-order valence-corrected chi connectivity index (χ2v) is 16.6. The predicted molar refractivity (Wildman–Crippen MR) is 150 cm³/mol. The van der Waals surface area contributed by atoms with Crippen molar-refractivity contribution in [2.24, 2.45) is 0 Å². The van der Waals surface area contributed by atoms with E-state index in [-0.39, 0.29) is 0 Å². The molecule has 0 amide bonds. The van der Waals surface area contributed by atoms with Crippen molar-refractivity contribution >= 4 is 30.8 Å². The summed E-state index contributed by atoms with van der Waals surface area (Å²) in [6, 6.07) is -8.37. The summed E-state index contributed by atoms with van der Waals surface area (Å²) in [5.41, 5.74) is -21.1. The van der Waals surface area contributed by atoms with Crippen molar-refractivity contribution in [1.82, 2.24) is 0 Å². The third-order valence-corrected chi connectivity index (χ3v) is 13.8. The van der Waals surface area contributed by atoms with Gasteiger partial charge in [-0.2, -0.15) is 105 Å². The van der Waals surface area contributed by atoms with Gasteiger partial charge in [-0.15, -0.1) is 0 Å². The van der Waals surface area contributed by atoms with E-state index < -0.39 is 197 Å². The van der Waals surface area contributed by atoms with Crippen LogP contribution in [-0.4, -0.2) is 13.1 Å². The Labute approximate surface area is 303 Å². The smallest absolute Gasteiger partial charge is 0.217 e. The summed E-state index contributed by atoms with van der Waals surface area (Å²) in [5, 5.41) is 0. The summed E-state index contributed by atoms with van der Waals surface area (Å²) in [6.07, 6.45) is -48.9. The zero-order chi connectivity index (χ0) is 43.9. The Morgan fingerprint density at radius 1 is 0.193 bits per heavy atom. The Hall–Kier alpha value is -4.27. The topological polar surface area (TPSA) is 0 Å². The van der Waals surface area contributed by atoms with Gasteiger partial charge in [0.25, 0.3) is 13.1 Å². The molecule has 0 nitrogen and oxygen atoms in total. The molecule has 0 aromatic heterocycles. The number of hydrogen-bond donors (Lipinski definition) is 0. The fourth-order valence-electron chi connectivity index (χ4n) is 6.07. The highest BCUT2D eigenvalue weighted by molar-refractivity contribution is 7.20. The Bertz CT molecular complexity index is 1700. The first kappa shape index (κ1) is 45.4.